The van der Waals surface area contributed by atoms with Gasteiger partial charge in [-0.05, 0) is 25.2 Å². The quantitative estimate of drug-likeness (QED) is 0.711. The molecule has 104 valence electrons. The molecule has 0 aromatic heterocycles. The van der Waals surface area contributed by atoms with Crippen LogP contribution in [-0.2, 0) is 9.59 Å². The summed E-state index contributed by atoms with van der Waals surface area (Å²) >= 11 is 0. The maximum atomic E-state index is 12.0. The van der Waals surface area contributed by atoms with Gasteiger partial charge in [0.1, 0.15) is 0 Å². The standard InChI is InChI=1S/C14H25NO3/c1-2-3-4-5-8-13(16)15-9-6-7-12(11-15)10-14(17)18/h12H,2-11H2,1H3,(H,17,18). The number of aliphatic carboxylic acids is 1. The summed E-state index contributed by atoms with van der Waals surface area (Å²) in [4.78, 5) is 24.5. The average Bonchev–Trinajstić information content (AvgIpc) is 2.34. The van der Waals surface area contributed by atoms with Crippen LogP contribution in [0.1, 0.15) is 58.3 Å². The smallest absolute Gasteiger partial charge is 0.303 e. The first-order chi connectivity index (χ1) is 8.63. The van der Waals surface area contributed by atoms with Crippen molar-refractivity contribution in [1.82, 2.24) is 4.90 Å². The summed E-state index contributed by atoms with van der Waals surface area (Å²) < 4.78 is 0. The second-order valence-electron chi connectivity index (χ2n) is 5.26. The van der Waals surface area contributed by atoms with Gasteiger partial charge in [0.15, 0.2) is 0 Å². The first-order valence-electron chi connectivity index (χ1n) is 7.13. The highest BCUT2D eigenvalue weighted by Gasteiger charge is 2.24. The Balaban J connectivity index is 2.27. The zero-order chi connectivity index (χ0) is 13.4. The lowest BCUT2D eigenvalue weighted by atomic mass is 9.94. The van der Waals surface area contributed by atoms with E-state index in [9.17, 15) is 9.59 Å². The molecule has 4 nitrogen and oxygen atoms in total. The van der Waals surface area contributed by atoms with Gasteiger partial charge in [-0.1, -0.05) is 26.2 Å². The molecule has 1 amide bonds. The maximum Gasteiger partial charge on any atom is 0.303 e. The molecule has 1 heterocycles. The monoisotopic (exact) mass is 255 g/mol. The summed E-state index contributed by atoms with van der Waals surface area (Å²) in [5.74, 6) is -0.394. The molecular formula is C14H25NO3. The van der Waals surface area contributed by atoms with Gasteiger partial charge in [-0.2, -0.15) is 0 Å². The van der Waals surface area contributed by atoms with E-state index >= 15 is 0 Å². The van der Waals surface area contributed by atoms with Crippen LogP contribution in [0.25, 0.3) is 0 Å². The second-order valence-corrected chi connectivity index (χ2v) is 5.26. The van der Waals surface area contributed by atoms with Gasteiger partial charge in [0.2, 0.25) is 5.91 Å². The molecule has 18 heavy (non-hydrogen) atoms. The van der Waals surface area contributed by atoms with Gasteiger partial charge in [0.25, 0.3) is 0 Å². The van der Waals surface area contributed by atoms with Crippen molar-refractivity contribution in [2.45, 2.75) is 58.3 Å². The van der Waals surface area contributed by atoms with E-state index in [1.54, 1.807) is 0 Å². The molecule has 1 rings (SSSR count). The summed E-state index contributed by atoms with van der Waals surface area (Å²) in [6, 6.07) is 0. The number of rotatable bonds is 7. The van der Waals surface area contributed by atoms with E-state index in [0.29, 0.717) is 13.0 Å². The number of hydrogen-bond donors (Lipinski definition) is 1. The van der Waals surface area contributed by atoms with E-state index in [1.807, 2.05) is 4.90 Å². The van der Waals surface area contributed by atoms with Crippen LogP contribution >= 0.6 is 0 Å². The number of nitrogens with zero attached hydrogens (tertiary/aromatic N) is 1. The third-order valence-electron chi connectivity index (χ3n) is 3.58. The molecule has 0 aliphatic carbocycles. The first-order valence-corrected chi connectivity index (χ1v) is 7.13. The molecule has 0 saturated carbocycles. The molecule has 1 fully saturated rings. The van der Waals surface area contributed by atoms with Crippen molar-refractivity contribution in [3.05, 3.63) is 0 Å². The summed E-state index contributed by atoms with van der Waals surface area (Å²) in [7, 11) is 0. The average molecular weight is 255 g/mol. The van der Waals surface area contributed by atoms with Crippen molar-refractivity contribution >= 4 is 11.9 Å². The molecule has 1 aliphatic rings. The Morgan fingerprint density at radius 3 is 2.72 bits per heavy atom. The molecule has 0 bridgehead atoms. The highest BCUT2D eigenvalue weighted by atomic mass is 16.4. The Morgan fingerprint density at radius 2 is 2.06 bits per heavy atom. The Labute approximate surface area is 109 Å². The fraction of sp³-hybridized carbons (Fsp3) is 0.857. The van der Waals surface area contributed by atoms with Crippen LogP contribution in [0.4, 0.5) is 0 Å². The van der Waals surface area contributed by atoms with Crippen LogP contribution in [-0.4, -0.2) is 35.0 Å². The van der Waals surface area contributed by atoms with Gasteiger partial charge in [-0.15, -0.1) is 0 Å². The summed E-state index contributed by atoms with van der Waals surface area (Å²) in [6.07, 6.45) is 7.15. The van der Waals surface area contributed by atoms with Gasteiger partial charge >= 0.3 is 5.97 Å². The van der Waals surface area contributed by atoms with Crippen LogP contribution in [0.5, 0.6) is 0 Å². The number of carbonyl (C=O) groups excluding carboxylic acids is 1. The molecule has 0 aromatic carbocycles. The highest BCUT2D eigenvalue weighted by molar-refractivity contribution is 5.76. The number of likely N-dealkylation sites (tertiary alicyclic amines) is 1. The Morgan fingerprint density at radius 1 is 1.28 bits per heavy atom. The fourth-order valence-electron chi connectivity index (χ4n) is 2.57. The number of carboxylic acids is 1. The molecule has 0 radical (unpaired) electrons. The van der Waals surface area contributed by atoms with Crippen molar-refractivity contribution in [3.63, 3.8) is 0 Å². The van der Waals surface area contributed by atoms with Crippen LogP contribution in [0, 0.1) is 5.92 Å². The number of hydrogen-bond acceptors (Lipinski definition) is 2. The minimum atomic E-state index is -0.753. The van der Waals surface area contributed by atoms with Crippen molar-refractivity contribution in [1.29, 1.82) is 0 Å². The van der Waals surface area contributed by atoms with E-state index in [1.165, 1.54) is 12.8 Å². The third-order valence-corrected chi connectivity index (χ3v) is 3.58. The minimum absolute atomic E-state index is 0.149. The number of carboxylic acid groups (broad SMARTS) is 1. The van der Waals surface area contributed by atoms with Crippen LogP contribution in [0.15, 0.2) is 0 Å². The number of amides is 1. The molecule has 0 aromatic rings. The summed E-state index contributed by atoms with van der Waals surface area (Å²) in [5, 5.41) is 8.79. The lowest BCUT2D eigenvalue weighted by Gasteiger charge is -2.32. The zero-order valence-electron chi connectivity index (χ0n) is 11.4. The Hall–Kier alpha value is -1.06. The van der Waals surface area contributed by atoms with Crippen LogP contribution < -0.4 is 0 Å². The number of carbonyl (C=O) groups is 2. The zero-order valence-corrected chi connectivity index (χ0v) is 11.4. The first kappa shape index (κ1) is 15.0. The molecule has 1 atom stereocenters. The van der Waals surface area contributed by atoms with E-state index in [0.717, 1.165) is 32.2 Å². The van der Waals surface area contributed by atoms with E-state index in [2.05, 4.69) is 6.92 Å². The predicted octanol–water partition coefficient (Wildman–Crippen LogP) is 2.67. The van der Waals surface area contributed by atoms with Gasteiger partial charge < -0.3 is 10.0 Å². The largest absolute Gasteiger partial charge is 0.481 e. The van der Waals surface area contributed by atoms with E-state index < -0.39 is 5.97 Å². The van der Waals surface area contributed by atoms with Gasteiger partial charge in [0.05, 0.1) is 0 Å². The molecule has 0 spiro atoms. The van der Waals surface area contributed by atoms with Crippen molar-refractivity contribution in [2.75, 3.05) is 13.1 Å². The third kappa shape index (κ3) is 5.52. The van der Waals surface area contributed by atoms with Gasteiger partial charge in [0, 0.05) is 25.9 Å². The SMILES string of the molecule is CCCCCCC(=O)N1CCCC(CC(=O)O)C1. The van der Waals surface area contributed by atoms with Crippen molar-refractivity contribution < 1.29 is 14.7 Å². The lowest BCUT2D eigenvalue weighted by molar-refractivity contribution is -0.140. The number of piperidine rings is 1. The lowest BCUT2D eigenvalue weighted by Crippen LogP contribution is -2.40. The summed E-state index contributed by atoms with van der Waals surface area (Å²) in [5.41, 5.74) is 0. The maximum absolute atomic E-state index is 12.0. The molecular weight excluding hydrogens is 230 g/mol. The molecule has 1 saturated heterocycles. The van der Waals surface area contributed by atoms with Crippen molar-refractivity contribution in [3.8, 4) is 0 Å². The second kappa shape index (κ2) is 8.11. The normalized spacial score (nSPS) is 19.8. The Kier molecular flexibility index (Phi) is 6.76. The summed E-state index contributed by atoms with van der Waals surface area (Å²) in [6.45, 7) is 3.60. The van der Waals surface area contributed by atoms with Crippen LogP contribution in [0.3, 0.4) is 0 Å². The molecule has 1 N–H and O–H groups in total. The van der Waals surface area contributed by atoms with Crippen LogP contribution in [0.2, 0.25) is 0 Å². The van der Waals surface area contributed by atoms with E-state index in [4.69, 9.17) is 5.11 Å². The molecule has 1 aliphatic heterocycles. The van der Waals surface area contributed by atoms with Gasteiger partial charge in [-0.25, -0.2) is 0 Å². The topological polar surface area (TPSA) is 57.6 Å². The fourth-order valence-corrected chi connectivity index (χ4v) is 2.57. The van der Waals surface area contributed by atoms with Gasteiger partial charge in [-0.3, -0.25) is 9.59 Å². The van der Waals surface area contributed by atoms with Crippen molar-refractivity contribution in [2.24, 2.45) is 5.92 Å². The highest BCUT2D eigenvalue weighted by Crippen LogP contribution is 2.20. The molecule has 1 unspecified atom stereocenters. The predicted molar refractivity (Wildman–Crippen MR) is 70.3 cm³/mol. The van der Waals surface area contributed by atoms with E-state index in [-0.39, 0.29) is 18.2 Å². The molecule has 4 heteroatoms. The number of unbranched alkanes of at least 4 members (excludes halogenated alkanes) is 3. The Bertz CT molecular complexity index is 278. The minimum Gasteiger partial charge on any atom is -0.481 e.